The van der Waals surface area contributed by atoms with Crippen LogP contribution in [0.5, 0.6) is 0 Å². The van der Waals surface area contributed by atoms with Gasteiger partial charge in [-0.3, -0.25) is 0 Å². The predicted octanol–water partition coefficient (Wildman–Crippen LogP) is 4.67. The Balaban J connectivity index is 1.65. The highest BCUT2D eigenvalue weighted by Gasteiger charge is 2.22. The number of aryl methyl sites for hydroxylation is 1. The zero-order valence-electron chi connectivity index (χ0n) is 12.4. The summed E-state index contributed by atoms with van der Waals surface area (Å²) in [5.74, 6) is 0. The molecule has 1 aliphatic rings. The Morgan fingerprint density at radius 1 is 1.40 bits per heavy atom. The van der Waals surface area contributed by atoms with E-state index in [1.54, 1.807) is 4.88 Å². The molecule has 0 amide bonds. The monoisotopic (exact) mass is 306 g/mol. The molecule has 1 N–H and O–H groups in total. The summed E-state index contributed by atoms with van der Waals surface area (Å²) in [6, 6.07) is 2.83. The summed E-state index contributed by atoms with van der Waals surface area (Å²) < 4.78 is 0. The van der Waals surface area contributed by atoms with Gasteiger partial charge in [-0.2, -0.15) is 0 Å². The van der Waals surface area contributed by atoms with Gasteiger partial charge in [0.25, 0.3) is 0 Å². The van der Waals surface area contributed by atoms with Gasteiger partial charge < -0.3 is 5.32 Å². The fraction of sp³-hybridized carbons (Fsp3) is 0.562. The van der Waals surface area contributed by atoms with E-state index in [2.05, 4.69) is 42.5 Å². The maximum Gasteiger partial charge on any atom is 0.0981 e. The fourth-order valence-corrected chi connectivity index (χ4v) is 4.57. The molecule has 0 saturated carbocycles. The van der Waals surface area contributed by atoms with Crippen LogP contribution in [0.25, 0.3) is 0 Å². The van der Waals surface area contributed by atoms with E-state index in [-0.39, 0.29) is 5.41 Å². The van der Waals surface area contributed by atoms with Crippen LogP contribution in [0.15, 0.2) is 17.6 Å². The summed E-state index contributed by atoms with van der Waals surface area (Å²) in [5, 5.41) is 7.18. The van der Waals surface area contributed by atoms with Crippen LogP contribution in [-0.4, -0.2) is 4.98 Å². The van der Waals surface area contributed by atoms with Crippen LogP contribution in [0.2, 0.25) is 0 Å². The number of hydrogen-bond donors (Lipinski definition) is 1. The van der Waals surface area contributed by atoms with Crippen molar-refractivity contribution in [1.82, 2.24) is 10.3 Å². The summed E-state index contributed by atoms with van der Waals surface area (Å²) in [5.41, 5.74) is 1.69. The molecule has 0 aliphatic heterocycles. The first-order valence-corrected chi connectivity index (χ1v) is 8.98. The number of thiazole rings is 1. The number of fused-ring (bicyclic) bond motifs is 1. The Bertz CT molecular complexity index is 577. The van der Waals surface area contributed by atoms with Gasteiger partial charge in [0.05, 0.1) is 5.01 Å². The third-order valence-electron chi connectivity index (χ3n) is 3.77. The number of nitrogens with one attached hydrogen (secondary N) is 1. The second-order valence-electron chi connectivity index (χ2n) is 6.51. The van der Waals surface area contributed by atoms with E-state index in [4.69, 9.17) is 0 Å². The van der Waals surface area contributed by atoms with Crippen LogP contribution >= 0.6 is 22.7 Å². The summed E-state index contributed by atoms with van der Waals surface area (Å²) in [4.78, 5) is 7.49. The van der Waals surface area contributed by atoms with Gasteiger partial charge in [-0.25, -0.2) is 4.98 Å². The largest absolute Gasteiger partial charge is 0.305 e. The molecule has 2 heterocycles. The Labute approximate surface area is 129 Å². The summed E-state index contributed by atoms with van der Waals surface area (Å²) in [6.07, 6.45) is 5.87. The highest BCUT2D eigenvalue weighted by Crippen LogP contribution is 2.34. The number of aromatic nitrogens is 1. The molecular formula is C16H22N2S2. The van der Waals surface area contributed by atoms with E-state index in [1.807, 2.05) is 28.9 Å². The smallest absolute Gasteiger partial charge is 0.0981 e. The molecule has 2 aromatic heterocycles. The van der Waals surface area contributed by atoms with Crippen molar-refractivity contribution < 1.29 is 0 Å². The van der Waals surface area contributed by atoms with E-state index in [0.29, 0.717) is 6.04 Å². The minimum absolute atomic E-state index is 0.161. The van der Waals surface area contributed by atoms with Crippen molar-refractivity contribution in [2.45, 2.75) is 58.0 Å². The number of rotatable bonds is 3. The van der Waals surface area contributed by atoms with E-state index in [0.717, 1.165) is 6.54 Å². The van der Waals surface area contributed by atoms with Crippen molar-refractivity contribution in [2.75, 3.05) is 0 Å². The van der Waals surface area contributed by atoms with Gasteiger partial charge in [0.1, 0.15) is 0 Å². The van der Waals surface area contributed by atoms with Gasteiger partial charge in [0.15, 0.2) is 0 Å². The third-order valence-corrected chi connectivity index (χ3v) is 6.19. The molecule has 3 rings (SSSR count). The summed E-state index contributed by atoms with van der Waals surface area (Å²) in [6.45, 7) is 7.61. The highest BCUT2D eigenvalue weighted by molar-refractivity contribution is 7.11. The average molecular weight is 306 g/mol. The molecule has 0 spiro atoms. The first-order chi connectivity index (χ1) is 9.54. The molecule has 2 aromatic rings. The Hall–Kier alpha value is -0.710. The molecule has 20 heavy (non-hydrogen) atoms. The lowest BCUT2D eigenvalue weighted by Gasteiger charge is -2.23. The molecule has 2 nitrogen and oxygen atoms in total. The van der Waals surface area contributed by atoms with Crippen LogP contribution in [0.3, 0.4) is 0 Å². The van der Waals surface area contributed by atoms with Crippen molar-refractivity contribution in [3.8, 4) is 0 Å². The van der Waals surface area contributed by atoms with Crippen LogP contribution < -0.4 is 5.32 Å². The predicted molar refractivity (Wildman–Crippen MR) is 87.7 cm³/mol. The lowest BCUT2D eigenvalue weighted by atomic mass is 9.94. The van der Waals surface area contributed by atoms with Crippen molar-refractivity contribution >= 4 is 22.7 Å². The van der Waals surface area contributed by atoms with E-state index in [9.17, 15) is 0 Å². The standard InChI is InChI=1S/C16H22N2S2/c1-16(2,3)15-18-10-11(20-15)9-17-13-5-4-6-14-12(13)7-8-19-14/h7-8,10,13,17H,4-6,9H2,1-3H3. The van der Waals surface area contributed by atoms with Gasteiger partial charge in [-0.1, -0.05) is 20.8 Å². The molecule has 1 unspecified atom stereocenters. The van der Waals surface area contributed by atoms with Crippen LogP contribution in [0.1, 0.15) is 60.0 Å². The molecule has 108 valence electrons. The number of thiophene rings is 1. The molecule has 0 saturated heterocycles. The van der Waals surface area contributed by atoms with Crippen molar-refractivity contribution in [2.24, 2.45) is 0 Å². The normalized spacial score (nSPS) is 19.1. The SMILES string of the molecule is CC(C)(C)c1ncc(CNC2CCCc3sccc32)s1. The zero-order valence-corrected chi connectivity index (χ0v) is 14.0. The Morgan fingerprint density at radius 3 is 3.00 bits per heavy atom. The minimum Gasteiger partial charge on any atom is -0.305 e. The van der Waals surface area contributed by atoms with Crippen molar-refractivity contribution in [1.29, 1.82) is 0 Å². The highest BCUT2D eigenvalue weighted by atomic mass is 32.1. The van der Waals surface area contributed by atoms with Crippen LogP contribution in [0, 0.1) is 0 Å². The lowest BCUT2D eigenvalue weighted by Crippen LogP contribution is -2.23. The Kier molecular flexibility index (Phi) is 3.98. The third kappa shape index (κ3) is 2.97. The molecule has 0 bridgehead atoms. The van der Waals surface area contributed by atoms with E-state index < -0.39 is 0 Å². The summed E-state index contributed by atoms with van der Waals surface area (Å²) in [7, 11) is 0. The molecule has 0 aromatic carbocycles. The summed E-state index contributed by atoms with van der Waals surface area (Å²) >= 11 is 3.75. The second-order valence-corrected chi connectivity index (χ2v) is 8.62. The molecule has 4 heteroatoms. The molecule has 0 fully saturated rings. The maximum atomic E-state index is 4.57. The quantitative estimate of drug-likeness (QED) is 0.891. The Morgan fingerprint density at radius 2 is 2.25 bits per heavy atom. The average Bonchev–Trinajstić information content (AvgIpc) is 3.04. The first-order valence-electron chi connectivity index (χ1n) is 7.29. The van der Waals surface area contributed by atoms with Crippen molar-refractivity contribution in [3.63, 3.8) is 0 Å². The molecule has 0 radical (unpaired) electrons. The molecule has 1 aliphatic carbocycles. The number of nitrogens with zero attached hydrogens (tertiary/aromatic N) is 1. The van der Waals surface area contributed by atoms with E-state index in [1.165, 1.54) is 34.7 Å². The van der Waals surface area contributed by atoms with Gasteiger partial charge in [-0.05, 0) is 36.3 Å². The molecule has 1 atom stereocenters. The van der Waals surface area contributed by atoms with E-state index >= 15 is 0 Å². The fourth-order valence-electron chi connectivity index (χ4n) is 2.66. The van der Waals surface area contributed by atoms with Gasteiger partial charge in [-0.15, -0.1) is 22.7 Å². The van der Waals surface area contributed by atoms with Crippen LogP contribution in [0.4, 0.5) is 0 Å². The number of hydrogen-bond acceptors (Lipinski definition) is 4. The first kappa shape index (κ1) is 14.2. The second kappa shape index (κ2) is 5.58. The lowest BCUT2D eigenvalue weighted by molar-refractivity contribution is 0.465. The van der Waals surface area contributed by atoms with Gasteiger partial charge in [0.2, 0.25) is 0 Å². The van der Waals surface area contributed by atoms with Gasteiger partial charge in [0, 0.05) is 34.0 Å². The van der Waals surface area contributed by atoms with Gasteiger partial charge >= 0.3 is 0 Å². The topological polar surface area (TPSA) is 24.9 Å². The zero-order chi connectivity index (χ0) is 14.2. The van der Waals surface area contributed by atoms with Crippen LogP contribution in [-0.2, 0) is 18.4 Å². The minimum atomic E-state index is 0.161. The maximum absolute atomic E-state index is 4.57. The molecular weight excluding hydrogens is 284 g/mol. The van der Waals surface area contributed by atoms with Crippen molar-refractivity contribution in [3.05, 3.63) is 38.0 Å².